The zero-order valence-electron chi connectivity index (χ0n) is 11.9. The zero-order chi connectivity index (χ0) is 16.2. The number of para-hydroxylation sites is 1. The molecule has 3 nitrogen and oxygen atoms in total. The highest BCUT2D eigenvalue weighted by Crippen LogP contribution is 2.29. The van der Waals surface area contributed by atoms with Gasteiger partial charge in [-0.2, -0.15) is 0 Å². The maximum Gasteiger partial charge on any atom is 0.263 e. The minimum Gasteiger partial charge on any atom is -0.488 e. The lowest BCUT2D eigenvalue weighted by Crippen LogP contribution is -2.17. The summed E-state index contributed by atoms with van der Waals surface area (Å²) in [6.07, 6.45) is 1.78. The van der Waals surface area contributed by atoms with Crippen LogP contribution in [0.3, 0.4) is 0 Å². The van der Waals surface area contributed by atoms with Crippen LogP contribution in [0.5, 0.6) is 5.75 Å². The summed E-state index contributed by atoms with van der Waals surface area (Å²) in [4.78, 5) is 12.3. The number of benzene rings is 2. The first-order valence-corrected chi connectivity index (χ1v) is 8.44. The number of thiocarbonyl (C=S) groups is 1. The number of hydrogen-bond donors (Lipinski definition) is 1. The second-order valence-corrected chi connectivity index (χ2v) is 6.90. The van der Waals surface area contributed by atoms with Crippen LogP contribution >= 0.6 is 35.6 Å². The zero-order valence-corrected chi connectivity index (χ0v) is 14.3. The third kappa shape index (κ3) is 3.93. The van der Waals surface area contributed by atoms with Crippen LogP contribution in [0.4, 0.5) is 0 Å². The van der Waals surface area contributed by atoms with Gasteiger partial charge in [0, 0.05) is 16.1 Å². The molecule has 2 aromatic rings. The van der Waals surface area contributed by atoms with Gasteiger partial charge in [0.15, 0.2) is 0 Å². The second kappa shape index (κ2) is 7.17. The molecule has 116 valence electrons. The maximum atomic E-state index is 11.8. The Kier molecular flexibility index (Phi) is 5.00. The molecule has 0 aliphatic carbocycles. The molecule has 0 bridgehead atoms. The SMILES string of the molecule is O=C1NC(=S)S/C1=C\c1ccccc1OCc1ccccc1Cl. The quantitative estimate of drug-likeness (QED) is 0.646. The van der Waals surface area contributed by atoms with Gasteiger partial charge in [0.25, 0.3) is 5.91 Å². The van der Waals surface area contributed by atoms with E-state index in [1.54, 1.807) is 6.08 Å². The van der Waals surface area contributed by atoms with Crippen molar-refractivity contribution in [1.82, 2.24) is 5.32 Å². The van der Waals surface area contributed by atoms with Crippen molar-refractivity contribution < 1.29 is 9.53 Å². The number of nitrogens with one attached hydrogen (secondary N) is 1. The summed E-state index contributed by atoms with van der Waals surface area (Å²) < 4.78 is 6.34. The van der Waals surface area contributed by atoms with Crippen molar-refractivity contribution >= 4 is 51.9 Å². The predicted octanol–water partition coefficient (Wildman–Crippen LogP) is 4.41. The van der Waals surface area contributed by atoms with Crippen LogP contribution in [0.15, 0.2) is 53.4 Å². The Hall–Kier alpha value is -1.82. The Morgan fingerprint density at radius 2 is 1.91 bits per heavy atom. The largest absolute Gasteiger partial charge is 0.488 e. The molecule has 2 aromatic carbocycles. The van der Waals surface area contributed by atoms with E-state index in [0.29, 0.717) is 26.6 Å². The summed E-state index contributed by atoms with van der Waals surface area (Å²) in [5.41, 5.74) is 1.73. The number of ether oxygens (including phenoxy) is 1. The van der Waals surface area contributed by atoms with E-state index in [1.807, 2.05) is 48.5 Å². The highest BCUT2D eigenvalue weighted by Gasteiger charge is 2.22. The topological polar surface area (TPSA) is 38.3 Å². The van der Waals surface area contributed by atoms with Crippen LogP contribution in [0.25, 0.3) is 6.08 Å². The fourth-order valence-corrected chi connectivity index (χ4v) is 3.29. The van der Waals surface area contributed by atoms with Gasteiger partial charge >= 0.3 is 0 Å². The van der Waals surface area contributed by atoms with Gasteiger partial charge in [-0.15, -0.1) is 0 Å². The number of halogens is 1. The van der Waals surface area contributed by atoms with Crippen molar-refractivity contribution in [3.8, 4) is 5.75 Å². The molecule has 3 rings (SSSR count). The Morgan fingerprint density at radius 3 is 2.65 bits per heavy atom. The fourth-order valence-electron chi connectivity index (χ4n) is 2.06. The van der Waals surface area contributed by atoms with Crippen LogP contribution in [0.1, 0.15) is 11.1 Å². The van der Waals surface area contributed by atoms with Gasteiger partial charge in [0.1, 0.15) is 16.7 Å². The number of carbonyl (C=O) groups is 1. The standard InChI is InChI=1S/C17H12ClNO2S2/c18-13-7-3-1-6-12(13)10-21-14-8-4-2-5-11(14)9-15-16(20)19-17(22)23-15/h1-9H,10H2,(H,19,20,22)/b15-9-. The van der Waals surface area contributed by atoms with Crippen LogP contribution in [0, 0.1) is 0 Å². The molecule has 0 spiro atoms. The minimum atomic E-state index is -0.180. The number of rotatable bonds is 4. The maximum absolute atomic E-state index is 11.8. The molecule has 6 heteroatoms. The smallest absolute Gasteiger partial charge is 0.263 e. The van der Waals surface area contributed by atoms with E-state index in [0.717, 1.165) is 11.1 Å². The van der Waals surface area contributed by atoms with Crippen molar-refractivity contribution in [3.05, 3.63) is 69.6 Å². The van der Waals surface area contributed by atoms with E-state index < -0.39 is 0 Å². The van der Waals surface area contributed by atoms with E-state index >= 15 is 0 Å². The first-order chi connectivity index (χ1) is 11.1. The average Bonchev–Trinajstić information content (AvgIpc) is 2.85. The molecular weight excluding hydrogens is 350 g/mol. The molecule has 0 atom stereocenters. The molecule has 0 saturated carbocycles. The Morgan fingerprint density at radius 1 is 1.17 bits per heavy atom. The number of thioether (sulfide) groups is 1. The van der Waals surface area contributed by atoms with Crippen LogP contribution in [-0.4, -0.2) is 10.2 Å². The molecule has 0 radical (unpaired) electrons. The molecule has 1 fully saturated rings. The number of hydrogen-bond acceptors (Lipinski definition) is 4. The van der Waals surface area contributed by atoms with Gasteiger partial charge in [-0.05, 0) is 18.2 Å². The van der Waals surface area contributed by atoms with E-state index in [4.69, 9.17) is 28.6 Å². The van der Waals surface area contributed by atoms with E-state index in [-0.39, 0.29) is 5.91 Å². The summed E-state index contributed by atoms with van der Waals surface area (Å²) in [7, 11) is 0. The third-order valence-corrected chi connectivity index (χ3v) is 4.72. The number of carbonyl (C=O) groups excluding carboxylic acids is 1. The molecule has 1 amide bonds. The van der Waals surface area contributed by atoms with Crippen LogP contribution in [0.2, 0.25) is 5.02 Å². The van der Waals surface area contributed by atoms with Crippen LogP contribution in [-0.2, 0) is 11.4 Å². The lowest BCUT2D eigenvalue weighted by Gasteiger charge is -2.10. The molecule has 1 N–H and O–H groups in total. The van der Waals surface area contributed by atoms with Crippen molar-refractivity contribution in [2.24, 2.45) is 0 Å². The van der Waals surface area contributed by atoms with E-state index in [1.165, 1.54) is 11.8 Å². The normalized spacial score (nSPS) is 15.8. The summed E-state index contributed by atoms with van der Waals surface area (Å²) in [6, 6.07) is 15.1. The second-order valence-electron chi connectivity index (χ2n) is 4.77. The van der Waals surface area contributed by atoms with Crippen LogP contribution < -0.4 is 10.1 Å². The molecule has 1 saturated heterocycles. The fraction of sp³-hybridized carbons (Fsp3) is 0.0588. The number of amides is 1. The predicted molar refractivity (Wildman–Crippen MR) is 98.5 cm³/mol. The van der Waals surface area contributed by atoms with Crippen molar-refractivity contribution in [2.75, 3.05) is 0 Å². The molecule has 0 unspecified atom stereocenters. The first kappa shape index (κ1) is 16.1. The lowest BCUT2D eigenvalue weighted by atomic mass is 10.2. The highest BCUT2D eigenvalue weighted by atomic mass is 35.5. The summed E-state index contributed by atoms with van der Waals surface area (Å²) in [6.45, 7) is 0.359. The summed E-state index contributed by atoms with van der Waals surface area (Å²) in [5, 5.41) is 3.27. The molecular formula is C17H12ClNO2S2. The van der Waals surface area contributed by atoms with Gasteiger partial charge in [0.05, 0.1) is 4.91 Å². The van der Waals surface area contributed by atoms with Crippen molar-refractivity contribution in [1.29, 1.82) is 0 Å². The molecule has 1 aliphatic rings. The van der Waals surface area contributed by atoms with Gasteiger partial charge in [0.2, 0.25) is 0 Å². The first-order valence-electron chi connectivity index (χ1n) is 6.83. The summed E-state index contributed by atoms with van der Waals surface area (Å²) in [5.74, 6) is 0.507. The monoisotopic (exact) mass is 361 g/mol. The lowest BCUT2D eigenvalue weighted by molar-refractivity contribution is -0.115. The Balaban J connectivity index is 1.81. The minimum absolute atomic E-state index is 0.180. The van der Waals surface area contributed by atoms with E-state index in [9.17, 15) is 4.79 Å². The Bertz CT molecular complexity index is 805. The van der Waals surface area contributed by atoms with Crippen molar-refractivity contribution in [3.63, 3.8) is 0 Å². The highest BCUT2D eigenvalue weighted by molar-refractivity contribution is 8.26. The molecule has 1 heterocycles. The van der Waals surface area contributed by atoms with Gasteiger partial charge in [-0.25, -0.2) is 0 Å². The van der Waals surface area contributed by atoms with Gasteiger partial charge in [-0.3, -0.25) is 4.79 Å². The van der Waals surface area contributed by atoms with Gasteiger partial charge in [-0.1, -0.05) is 72.0 Å². The third-order valence-electron chi connectivity index (χ3n) is 3.19. The molecule has 0 aromatic heterocycles. The van der Waals surface area contributed by atoms with Gasteiger partial charge < -0.3 is 10.1 Å². The molecule has 23 heavy (non-hydrogen) atoms. The van der Waals surface area contributed by atoms with Crippen molar-refractivity contribution in [2.45, 2.75) is 6.61 Å². The van der Waals surface area contributed by atoms with E-state index in [2.05, 4.69) is 5.32 Å². The molecule has 1 aliphatic heterocycles. The average molecular weight is 362 g/mol. The Labute approximate surface area is 148 Å². The summed E-state index contributed by atoms with van der Waals surface area (Å²) >= 11 is 12.4.